The first-order valence-electron chi connectivity index (χ1n) is 12.5. The Balaban J connectivity index is 0.000000202. The fraction of sp³-hybridized carbons (Fsp3) is 0.333. The van der Waals surface area contributed by atoms with E-state index in [4.69, 9.17) is 4.74 Å². The molecule has 3 aromatic carbocycles. The van der Waals surface area contributed by atoms with Gasteiger partial charge in [-0.05, 0) is 73.8 Å². The number of benzene rings is 3. The second kappa shape index (κ2) is 14.0. The van der Waals surface area contributed by atoms with Crippen molar-refractivity contribution in [3.8, 4) is 5.75 Å². The zero-order valence-electron chi connectivity index (χ0n) is 21.1. The van der Waals surface area contributed by atoms with Gasteiger partial charge in [-0.1, -0.05) is 61.9 Å². The molecular formula is C30H36N2O4. The van der Waals surface area contributed by atoms with E-state index in [0.717, 1.165) is 41.6 Å². The van der Waals surface area contributed by atoms with Gasteiger partial charge in [0.05, 0.1) is 13.7 Å². The average molecular weight is 489 g/mol. The van der Waals surface area contributed by atoms with Crippen LogP contribution in [-0.4, -0.2) is 48.5 Å². The number of carbonyl (C=O) groups is 2. The van der Waals surface area contributed by atoms with Crippen molar-refractivity contribution in [2.75, 3.05) is 32.1 Å². The zero-order chi connectivity index (χ0) is 25.8. The van der Waals surface area contributed by atoms with Crippen LogP contribution in [0.1, 0.15) is 48.1 Å². The van der Waals surface area contributed by atoms with Gasteiger partial charge < -0.3 is 15.2 Å². The molecule has 6 nitrogen and oxygen atoms in total. The van der Waals surface area contributed by atoms with Crippen LogP contribution in [0.4, 0.5) is 5.69 Å². The predicted octanol–water partition coefficient (Wildman–Crippen LogP) is 5.92. The lowest BCUT2D eigenvalue weighted by Gasteiger charge is -2.30. The predicted molar refractivity (Wildman–Crippen MR) is 144 cm³/mol. The number of carboxylic acids is 1. The van der Waals surface area contributed by atoms with E-state index in [1.165, 1.54) is 19.3 Å². The number of nitrogens with zero attached hydrogens (tertiary/aromatic N) is 1. The smallest absolute Gasteiger partial charge is 0.330 e. The Hall–Kier alpha value is -3.64. The summed E-state index contributed by atoms with van der Waals surface area (Å²) in [7, 11) is 1.63. The Morgan fingerprint density at radius 2 is 1.53 bits per heavy atom. The van der Waals surface area contributed by atoms with Gasteiger partial charge in [-0.3, -0.25) is 9.69 Å². The molecule has 36 heavy (non-hydrogen) atoms. The minimum Gasteiger partial charge on any atom is -0.497 e. The molecule has 0 spiro atoms. The van der Waals surface area contributed by atoms with Crippen molar-refractivity contribution in [3.63, 3.8) is 0 Å². The Labute approximate surface area is 213 Å². The number of piperidine rings is 1. The molecule has 6 heteroatoms. The molecule has 2 N–H and O–H groups in total. The van der Waals surface area contributed by atoms with Gasteiger partial charge in [-0.2, -0.15) is 0 Å². The van der Waals surface area contributed by atoms with E-state index >= 15 is 0 Å². The molecule has 0 aliphatic carbocycles. The van der Waals surface area contributed by atoms with Crippen LogP contribution in [0.2, 0.25) is 0 Å². The SMILES string of the molecule is CCC1CCN(CC(=O)c2ccc(OC)cc2)CC1.O=C(O)C(Nc1ccccc1)c1ccccc1. The van der Waals surface area contributed by atoms with Crippen LogP contribution in [0.5, 0.6) is 5.75 Å². The lowest BCUT2D eigenvalue weighted by atomic mass is 9.94. The van der Waals surface area contributed by atoms with Crippen LogP contribution in [-0.2, 0) is 4.79 Å². The van der Waals surface area contributed by atoms with E-state index in [9.17, 15) is 14.7 Å². The minimum atomic E-state index is -0.889. The van der Waals surface area contributed by atoms with Crippen LogP contribution in [0.25, 0.3) is 0 Å². The summed E-state index contributed by atoms with van der Waals surface area (Å²) < 4.78 is 5.10. The maximum absolute atomic E-state index is 12.2. The molecule has 1 atom stereocenters. The van der Waals surface area contributed by atoms with E-state index in [-0.39, 0.29) is 5.78 Å². The molecule has 0 aromatic heterocycles. The molecule has 1 aliphatic rings. The molecule has 0 amide bonds. The molecule has 4 rings (SSSR count). The average Bonchev–Trinajstić information content (AvgIpc) is 2.93. The van der Waals surface area contributed by atoms with E-state index < -0.39 is 12.0 Å². The number of aliphatic carboxylic acids is 1. The molecule has 0 radical (unpaired) electrons. The summed E-state index contributed by atoms with van der Waals surface area (Å²) in [5.74, 6) is 0.963. The van der Waals surface area contributed by atoms with E-state index in [1.807, 2.05) is 72.8 Å². The molecule has 1 heterocycles. The van der Waals surface area contributed by atoms with Gasteiger partial charge in [0.25, 0.3) is 0 Å². The Bertz CT molecular complexity index is 1060. The molecular weight excluding hydrogens is 452 g/mol. The first kappa shape index (κ1) is 27.0. The summed E-state index contributed by atoms with van der Waals surface area (Å²) in [4.78, 5) is 25.7. The summed E-state index contributed by atoms with van der Waals surface area (Å²) in [6.07, 6.45) is 3.72. The van der Waals surface area contributed by atoms with Gasteiger partial charge in [0, 0.05) is 11.3 Å². The maximum Gasteiger partial charge on any atom is 0.330 e. The third kappa shape index (κ3) is 8.24. The van der Waals surface area contributed by atoms with Gasteiger partial charge in [-0.25, -0.2) is 4.79 Å². The molecule has 1 unspecified atom stereocenters. The number of methoxy groups -OCH3 is 1. The van der Waals surface area contributed by atoms with Gasteiger partial charge in [0.2, 0.25) is 0 Å². The third-order valence-corrected chi connectivity index (χ3v) is 6.53. The number of ether oxygens (including phenoxy) is 1. The Kier molecular flexibility index (Phi) is 10.5. The van der Waals surface area contributed by atoms with Gasteiger partial charge >= 0.3 is 5.97 Å². The van der Waals surface area contributed by atoms with E-state index in [2.05, 4.69) is 17.1 Å². The second-order valence-corrected chi connectivity index (χ2v) is 8.97. The normalized spacial score (nSPS) is 14.7. The highest BCUT2D eigenvalue weighted by Crippen LogP contribution is 2.21. The van der Waals surface area contributed by atoms with Crippen molar-refractivity contribution < 1.29 is 19.4 Å². The van der Waals surface area contributed by atoms with Crippen molar-refractivity contribution in [2.45, 2.75) is 32.2 Å². The van der Waals surface area contributed by atoms with Crippen LogP contribution < -0.4 is 10.1 Å². The highest BCUT2D eigenvalue weighted by molar-refractivity contribution is 5.97. The summed E-state index contributed by atoms with van der Waals surface area (Å²) in [6.45, 7) is 4.91. The molecule has 1 saturated heterocycles. The van der Waals surface area contributed by atoms with Gasteiger partial charge in [0.15, 0.2) is 11.8 Å². The van der Waals surface area contributed by atoms with Crippen molar-refractivity contribution in [1.29, 1.82) is 0 Å². The number of carboxylic acid groups (broad SMARTS) is 1. The third-order valence-electron chi connectivity index (χ3n) is 6.53. The summed E-state index contributed by atoms with van der Waals surface area (Å²) in [5.41, 5.74) is 2.31. The van der Waals surface area contributed by atoms with E-state index in [0.29, 0.717) is 6.54 Å². The largest absolute Gasteiger partial charge is 0.497 e. The first-order valence-corrected chi connectivity index (χ1v) is 12.5. The number of para-hydroxylation sites is 1. The number of anilines is 1. The van der Waals surface area contributed by atoms with Gasteiger partial charge in [-0.15, -0.1) is 0 Å². The van der Waals surface area contributed by atoms with Crippen LogP contribution >= 0.6 is 0 Å². The lowest BCUT2D eigenvalue weighted by molar-refractivity contribution is -0.138. The molecule has 0 saturated carbocycles. The standard InChI is InChI=1S/C16H23NO2.C14H13NO2/c1-3-13-8-10-17(11-9-13)12-16(18)14-4-6-15(19-2)7-5-14;16-14(17)13(11-7-3-1-4-8-11)15-12-9-5-2-6-10-12/h4-7,13H,3,8-12H2,1-2H3;1-10,13,15H,(H,16,17). The van der Waals surface area contributed by atoms with E-state index in [1.54, 1.807) is 19.2 Å². The highest BCUT2D eigenvalue weighted by Gasteiger charge is 2.20. The Morgan fingerprint density at radius 3 is 2.06 bits per heavy atom. The number of likely N-dealkylation sites (tertiary alicyclic amines) is 1. The number of Topliss-reactive ketones (excluding diaryl/α,β-unsaturated/α-hetero) is 1. The Morgan fingerprint density at radius 1 is 0.944 bits per heavy atom. The quantitative estimate of drug-likeness (QED) is 0.364. The van der Waals surface area contributed by atoms with Crippen molar-refractivity contribution in [2.24, 2.45) is 5.92 Å². The molecule has 1 aliphatic heterocycles. The zero-order valence-corrected chi connectivity index (χ0v) is 21.1. The number of hydrogen-bond acceptors (Lipinski definition) is 5. The number of hydrogen-bond donors (Lipinski definition) is 2. The fourth-order valence-corrected chi connectivity index (χ4v) is 4.26. The highest BCUT2D eigenvalue weighted by atomic mass is 16.5. The van der Waals surface area contributed by atoms with Crippen LogP contribution in [0.3, 0.4) is 0 Å². The van der Waals surface area contributed by atoms with Crippen molar-refractivity contribution in [3.05, 3.63) is 96.1 Å². The van der Waals surface area contributed by atoms with Crippen LogP contribution in [0.15, 0.2) is 84.9 Å². The number of ketones is 1. The number of carbonyl (C=O) groups excluding carboxylic acids is 1. The monoisotopic (exact) mass is 488 g/mol. The molecule has 1 fully saturated rings. The maximum atomic E-state index is 12.2. The molecule has 0 bridgehead atoms. The van der Waals surface area contributed by atoms with Crippen molar-refractivity contribution in [1.82, 2.24) is 4.90 Å². The number of rotatable bonds is 9. The lowest BCUT2D eigenvalue weighted by Crippen LogP contribution is -2.37. The summed E-state index contributed by atoms with van der Waals surface area (Å²) in [5, 5.41) is 12.2. The van der Waals surface area contributed by atoms with Crippen LogP contribution in [0, 0.1) is 5.92 Å². The minimum absolute atomic E-state index is 0.206. The van der Waals surface area contributed by atoms with Gasteiger partial charge in [0.1, 0.15) is 5.75 Å². The fourth-order valence-electron chi connectivity index (χ4n) is 4.26. The summed E-state index contributed by atoms with van der Waals surface area (Å²) in [6, 6.07) is 25.1. The first-order chi connectivity index (χ1) is 17.5. The molecule has 3 aromatic rings. The second-order valence-electron chi connectivity index (χ2n) is 8.97. The topological polar surface area (TPSA) is 78.9 Å². The summed E-state index contributed by atoms with van der Waals surface area (Å²) >= 11 is 0. The molecule has 190 valence electrons. The van der Waals surface area contributed by atoms with Crippen molar-refractivity contribution >= 4 is 17.4 Å². The number of nitrogens with one attached hydrogen (secondary N) is 1.